The van der Waals surface area contributed by atoms with Crippen LogP contribution in [0.15, 0.2) is 36.5 Å². The van der Waals surface area contributed by atoms with Crippen LogP contribution < -0.4 is 0 Å². The zero-order chi connectivity index (χ0) is 40.0. The standard InChI is InChI=1S/C44H82NO8P/c1-6-8-10-12-14-16-18-20-22-24-26-28-30-32-34-36-43(46)50-40-42(41-52-54(48,49)51-39-38-45(3,4)5)53-44(47)37-35-33-31-29-27-25-23-21-19-17-15-13-11-9-7-2/h20-23,27,29,42H,6-19,24-26,28,30-41H2,1-5H3/p+1/b22-20-,23-21-,29-27-/t42-/m1/s1. The van der Waals surface area contributed by atoms with Gasteiger partial charge in [-0.2, -0.15) is 0 Å². The van der Waals surface area contributed by atoms with Gasteiger partial charge in [0.2, 0.25) is 0 Å². The number of carbonyl (C=O) groups excluding carboxylic acids is 2. The van der Waals surface area contributed by atoms with Gasteiger partial charge in [0.25, 0.3) is 0 Å². The van der Waals surface area contributed by atoms with Crippen molar-refractivity contribution in [3.05, 3.63) is 36.5 Å². The molecule has 316 valence electrons. The van der Waals surface area contributed by atoms with Crippen LogP contribution >= 0.6 is 7.82 Å². The van der Waals surface area contributed by atoms with Crippen molar-refractivity contribution in [2.24, 2.45) is 0 Å². The highest BCUT2D eigenvalue weighted by Crippen LogP contribution is 2.43. The van der Waals surface area contributed by atoms with Crippen molar-refractivity contribution in [2.75, 3.05) is 47.5 Å². The number of likely N-dealkylation sites (N-methyl/N-ethyl adjacent to an activating group) is 1. The van der Waals surface area contributed by atoms with E-state index in [1.54, 1.807) is 0 Å². The number of phosphoric ester groups is 1. The third-order valence-corrected chi connectivity index (χ3v) is 10.1. The molecule has 0 fully saturated rings. The van der Waals surface area contributed by atoms with Crippen molar-refractivity contribution in [1.82, 2.24) is 0 Å². The van der Waals surface area contributed by atoms with E-state index in [0.717, 1.165) is 64.2 Å². The molecule has 0 saturated carbocycles. The summed E-state index contributed by atoms with van der Waals surface area (Å²) in [5.74, 6) is -0.846. The third kappa shape index (κ3) is 39.9. The number of ether oxygens (including phenoxy) is 2. The summed E-state index contributed by atoms with van der Waals surface area (Å²) in [6.45, 7) is 4.36. The Morgan fingerprint density at radius 1 is 0.574 bits per heavy atom. The van der Waals surface area contributed by atoms with Crippen LogP contribution in [0.1, 0.15) is 181 Å². The lowest BCUT2D eigenvalue weighted by Crippen LogP contribution is -2.37. The Hall–Kier alpha value is -1.77. The van der Waals surface area contributed by atoms with Crippen LogP contribution in [0.25, 0.3) is 0 Å². The van der Waals surface area contributed by atoms with E-state index in [1.807, 2.05) is 21.1 Å². The molecule has 0 aliphatic carbocycles. The van der Waals surface area contributed by atoms with Gasteiger partial charge in [-0.15, -0.1) is 0 Å². The van der Waals surface area contributed by atoms with Crippen molar-refractivity contribution in [1.29, 1.82) is 0 Å². The lowest BCUT2D eigenvalue weighted by Gasteiger charge is -2.24. The topological polar surface area (TPSA) is 108 Å². The monoisotopic (exact) mass is 785 g/mol. The number of carbonyl (C=O) groups is 2. The maximum atomic E-state index is 12.7. The Balaban J connectivity index is 4.44. The molecule has 1 unspecified atom stereocenters. The Labute approximate surface area is 331 Å². The Kier molecular flexibility index (Phi) is 35.6. The molecule has 0 saturated heterocycles. The Morgan fingerprint density at radius 2 is 1.00 bits per heavy atom. The van der Waals surface area contributed by atoms with Crippen LogP contribution in [-0.2, 0) is 32.7 Å². The third-order valence-electron chi connectivity index (χ3n) is 9.14. The van der Waals surface area contributed by atoms with Crippen LogP contribution in [0, 0.1) is 0 Å². The predicted molar refractivity (Wildman–Crippen MR) is 224 cm³/mol. The van der Waals surface area contributed by atoms with Gasteiger partial charge in [0.1, 0.15) is 19.8 Å². The number of rotatable bonds is 39. The second kappa shape index (κ2) is 36.8. The van der Waals surface area contributed by atoms with E-state index < -0.39 is 26.5 Å². The molecule has 1 N–H and O–H groups in total. The fourth-order valence-corrected chi connectivity index (χ4v) is 6.43. The highest BCUT2D eigenvalue weighted by Gasteiger charge is 2.27. The van der Waals surface area contributed by atoms with Crippen LogP contribution in [0.2, 0.25) is 0 Å². The molecule has 0 spiro atoms. The van der Waals surface area contributed by atoms with E-state index in [0.29, 0.717) is 17.4 Å². The summed E-state index contributed by atoms with van der Waals surface area (Å²) in [5.41, 5.74) is 0. The first-order valence-corrected chi connectivity index (χ1v) is 23.2. The van der Waals surface area contributed by atoms with Gasteiger partial charge in [0.05, 0.1) is 27.7 Å². The van der Waals surface area contributed by atoms with E-state index in [-0.39, 0.29) is 32.0 Å². The number of hydrogen-bond donors (Lipinski definition) is 1. The zero-order valence-electron chi connectivity index (χ0n) is 35.5. The van der Waals surface area contributed by atoms with E-state index in [9.17, 15) is 19.0 Å². The quantitative estimate of drug-likeness (QED) is 0.0216. The molecule has 0 amide bonds. The van der Waals surface area contributed by atoms with Crippen molar-refractivity contribution in [3.63, 3.8) is 0 Å². The second-order valence-electron chi connectivity index (χ2n) is 15.7. The number of esters is 2. The number of phosphoric acid groups is 1. The van der Waals surface area contributed by atoms with Crippen LogP contribution in [0.4, 0.5) is 0 Å². The van der Waals surface area contributed by atoms with E-state index >= 15 is 0 Å². The van der Waals surface area contributed by atoms with Crippen molar-refractivity contribution in [3.8, 4) is 0 Å². The summed E-state index contributed by atoms with van der Waals surface area (Å²) in [6.07, 6.45) is 40.5. The van der Waals surface area contributed by atoms with Gasteiger partial charge in [-0.1, -0.05) is 134 Å². The molecule has 0 aliphatic heterocycles. The van der Waals surface area contributed by atoms with Crippen LogP contribution in [0.5, 0.6) is 0 Å². The highest BCUT2D eigenvalue weighted by atomic mass is 31.2. The Morgan fingerprint density at radius 3 is 1.52 bits per heavy atom. The number of allylic oxidation sites excluding steroid dienone is 6. The SMILES string of the molecule is CCCCCCCC/C=C\C/C=C\CCCCC(=O)O[C@H](COC(=O)CCCCCCC/C=C\CCCCCCCC)COP(=O)(O)OCC[N+](C)(C)C. The number of unbranched alkanes of at least 4 members (excludes halogenated alkanes) is 19. The smallest absolute Gasteiger partial charge is 0.462 e. The molecule has 54 heavy (non-hydrogen) atoms. The van der Waals surface area contributed by atoms with Gasteiger partial charge >= 0.3 is 19.8 Å². The first-order chi connectivity index (χ1) is 26.0. The average molecular weight is 785 g/mol. The molecule has 0 aromatic heterocycles. The van der Waals surface area contributed by atoms with Gasteiger partial charge in [-0.25, -0.2) is 4.57 Å². The molecule has 0 bridgehead atoms. The zero-order valence-corrected chi connectivity index (χ0v) is 36.3. The number of quaternary nitrogens is 1. The maximum absolute atomic E-state index is 12.7. The molecule has 0 radical (unpaired) electrons. The van der Waals surface area contributed by atoms with E-state index in [1.165, 1.54) is 83.5 Å². The van der Waals surface area contributed by atoms with Crippen molar-refractivity contribution in [2.45, 2.75) is 187 Å². The first kappa shape index (κ1) is 52.2. The molecule has 0 rings (SSSR count). The van der Waals surface area contributed by atoms with Crippen LogP contribution in [-0.4, -0.2) is 74.9 Å². The summed E-state index contributed by atoms with van der Waals surface area (Å²) < 4.78 is 34.2. The second-order valence-corrected chi connectivity index (χ2v) is 17.2. The number of hydrogen-bond acceptors (Lipinski definition) is 7. The largest absolute Gasteiger partial charge is 0.472 e. The van der Waals surface area contributed by atoms with Crippen molar-refractivity contribution < 1.29 is 42.1 Å². The van der Waals surface area contributed by atoms with Gasteiger partial charge in [-0.05, 0) is 70.6 Å². The first-order valence-electron chi connectivity index (χ1n) is 21.7. The summed E-state index contributed by atoms with van der Waals surface area (Å²) in [7, 11) is 1.45. The molecular weight excluding hydrogens is 701 g/mol. The predicted octanol–water partition coefficient (Wildman–Crippen LogP) is 12.1. The molecule has 2 atom stereocenters. The Bertz CT molecular complexity index is 1020. The molecule has 0 heterocycles. The lowest BCUT2D eigenvalue weighted by molar-refractivity contribution is -0.870. The average Bonchev–Trinajstić information content (AvgIpc) is 3.12. The molecule has 0 aromatic carbocycles. The summed E-state index contributed by atoms with van der Waals surface area (Å²) >= 11 is 0. The molecule has 0 aliphatic rings. The normalized spacial score (nSPS) is 14.0. The molecular formula is C44H83NO8P+. The van der Waals surface area contributed by atoms with E-state index in [4.69, 9.17) is 18.5 Å². The summed E-state index contributed by atoms with van der Waals surface area (Å²) in [4.78, 5) is 35.3. The summed E-state index contributed by atoms with van der Waals surface area (Å²) in [5, 5.41) is 0. The highest BCUT2D eigenvalue weighted by molar-refractivity contribution is 7.47. The van der Waals surface area contributed by atoms with Crippen LogP contribution in [0.3, 0.4) is 0 Å². The molecule has 9 nitrogen and oxygen atoms in total. The maximum Gasteiger partial charge on any atom is 0.472 e. The fraction of sp³-hybridized carbons (Fsp3) is 0.818. The van der Waals surface area contributed by atoms with E-state index in [2.05, 4.69) is 50.3 Å². The minimum absolute atomic E-state index is 0.0244. The minimum Gasteiger partial charge on any atom is -0.462 e. The lowest BCUT2D eigenvalue weighted by atomic mass is 10.1. The summed E-state index contributed by atoms with van der Waals surface area (Å²) in [6, 6.07) is 0. The van der Waals surface area contributed by atoms with Crippen molar-refractivity contribution >= 4 is 19.8 Å². The van der Waals surface area contributed by atoms with Gasteiger partial charge < -0.3 is 18.9 Å². The van der Waals surface area contributed by atoms with Gasteiger partial charge in [0.15, 0.2) is 6.10 Å². The molecule has 0 aromatic rings. The number of nitrogens with zero attached hydrogens (tertiary/aromatic N) is 1. The minimum atomic E-state index is -4.38. The van der Waals surface area contributed by atoms with Gasteiger partial charge in [-0.3, -0.25) is 18.6 Å². The fourth-order valence-electron chi connectivity index (χ4n) is 5.68. The van der Waals surface area contributed by atoms with Gasteiger partial charge in [0, 0.05) is 12.8 Å². The molecule has 10 heteroatoms.